The summed E-state index contributed by atoms with van der Waals surface area (Å²) in [6.07, 6.45) is 1.50. The van der Waals surface area contributed by atoms with Crippen LogP contribution in [0.15, 0.2) is 60.0 Å². The smallest absolute Gasteiger partial charge is 0.292 e. The van der Waals surface area contributed by atoms with Crippen LogP contribution in [0.5, 0.6) is 0 Å². The highest BCUT2D eigenvalue weighted by molar-refractivity contribution is 7.99. The number of thioether (sulfide) groups is 1. The molecule has 0 fully saturated rings. The van der Waals surface area contributed by atoms with Gasteiger partial charge in [-0.1, -0.05) is 30.0 Å². The highest BCUT2D eigenvalue weighted by atomic mass is 32.2. The van der Waals surface area contributed by atoms with Crippen LogP contribution in [0.4, 0.5) is 17.1 Å². The van der Waals surface area contributed by atoms with Crippen molar-refractivity contribution in [3.8, 4) is 5.69 Å². The highest BCUT2D eigenvalue weighted by Crippen LogP contribution is 2.25. The molecule has 1 aromatic heterocycles. The average molecular weight is 412 g/mol. The molecule has 0 spiro atoms. The van der Waals surface area contributed by atoms with E-state index in [-0.39, 0.29) is 23.0 Å². The maximum Gasteiger partial charge on any atom is 0.292 e. The maximum absolute atomic E-state index is 12.2. The van der Waals surface area contributed by atoms with Crippen molar-refractivity contribution in [1.82, 2.24) is 14.8 Å². The minimum atomic E-state index is -0.554. The third-order valence-electron chi connectivity index (χ3n) is 3.67. The van der Waals surface area contributed by atoms with Gasteiger partial charge in [0.05, 0.1) is 16.4 Å². The summed E-state index contributed by atoms with van der Waals surface area (Å²) in [5.41, 5.74) is 1.29. The van der Waals surface area contributed by atoms with E-state index in [9.17, 15) is 19.7 Å². The fraction of sp³-hybridized carbons (Fsp3) is 0.111. The Labute approximate surface area is 169 Å². The van der Waals surface area contributed by atoms with Gasteiger partial charge in [0, 0.05) is 18.7 Å². The fourth-order valence-electron chi connectivity index (χ4n) is 2.49. The molecule has 1 heterocycles. The maximum atomic E-state index is 12.2. The Balaban J connectivity index is 1.69. The number of nitro groups is 1. The second-order valence-corrected chi connectivity index (χ2v) is 6.77. The normalized spacial score (nSPS) is 10.4. The molecule has 11 heteroatoms. The third-order valence-corrected chi connectivity index (χ3v) is 4.61. The lowest BCUT2D eigenvalue weighted by molar-refractivity contribution is -0.383. The van der Waals surface area contributed by atoms with Gasteiger partial charge in [0.25, 0.3) is 5.69 Å². The van der Waals surface area contributed by atoms with E-state index in [1.165, 1.54) is 31.5 Å². The lowest BCUT2D eigenvalue weighted by Gasteiger charge is -2.09. The summed E-state index contributed by atoms with van der Waals surface area (Å²) in [4.78, 5) is 34.0. The first-order valence-corrected chi connectivity index (χ1v) is 9.36. The second kappa shape index (κ2) is 8.97. The number of anilines is 2. The van der Waals surface area contributed by atoms with Crippen LogP contribution < -0.4 is 10.6 Å². The molecular weight excluding hydrogens is 396 g/mol. The van der Waals surface area contributed by atoms with Crippen molar-refractivity contribution >= 4 is 40.6 Å². The molecule has 0 saturated carbocycles. The highest BCUT2D eigenvalue weighted by Gasteiger charge is 2.16. The number of nitrogens with one attached hydrogen (secondary N) is 2. The zero-order chi connectivity index (χ0) is 20.8. The Morgan fingerprint density at radius 2 is 1.97 bits per heavy atom. The van der Waals surface area contributed by atoms with Gasteiger partial charge in [-0.25, -0.2) is 0 Å². The lowest BCUT2D eigenvalue weighted by atomic mass is 10.2. The summed E-state index contributed by atoms with van der Waals surface area (Å²) in [7, 11) is 0. The number of aromatic nitrogens is 3. The molecule has 0 aliphatic carbocycles. The van der Waals surface area contributed by atoms with E-state index in [2.05, 4.69) is 20.8 Å². The molecule has 3 rings (SSSR count). The zero-order valence-electron chi connectivity index (χ0n) is 15.2. The molecule has 3 aromatic rings. The van der Waals surface area contributed by atoms with Crippen molar-refractivity contribution in [2.45, 2.75) is 12.1 Å². The number of carbonyl (C=O) groups is 2. The van der Waals surface area contributed by atoms with Crippen molar-refractivity contribution < 1.29 is 14.5 Å². The van der Waals surface area contributed by atoms with Crippen LogP contribution in [0.1, 0.15) is 6.92 Å². The second-order valence-electron chi connectivity index (χ2n) is 5.83. The number of amides is 2. The first kappa shape index (κ1) is 20.0. The summed E-state index contributed by atoms with van der Waals surface area (Å²) >= 11 is 1.13. The van der Waals surface area contributed by atoms with Crippen LogP contribution in [0.25, 0.3) is 5.69 Å². The van der Waals surface area contributed by atoms with E-state index >= 15 is 0 Å². The van der Waals surface area contributed by atoms with Gasteiger partial charge in [-0.15, -0.1) is 10.2 Å². The largest absolute Gasteiger partial charge is 0.326 e. The SMILES string of the molecule is CC(=O)Nc1cccc(-n2cnnc2SCC(=O)Nc2ccccc2[N+](=O)[O-])c1. The molecule has 0 atom stereocenters. The summed E-state index contributed by atoms with van der Waals surface area (Å²) in [6.45, 7) is 1.42. The van der Waals surface area contributed by atoms with Crippen molar-refractivity contribution in [3.63, 3.8) is 0 Å². The van der Waals surface area contributed by atoms with Crippen molar-refractivity contribution in [2.24, 2.45) is 0 Å². The number of nitro benzene ring substituents is 1. The molecule has 0 saturated heterocycles. The molecule has 0 radical (unpaired) electrons. The first-order valence-electron chi connectivity index (χ1n) is 8.38. The number of carbonyl (C=O) groups excluding carboxylic acids is 2. The zero-order valence-corrected chi connectivity index (χ0v) is 16.0. The molecule has 0 unspecified atom stereocenters. The fourth-order valence-corrected chi connectivity index (χ4v) is 3.22. The molecular formula is C18H16N6O4S. The van der Waals surface area contributed by atoms with E-state index in [1.807, 2.05) is 6.07 Å². The predicted molar refractivity (Wildman–Crippen MR) is 108 cm³/mol. The summed E-state index contributed by atoms with van der Waals surface area (Å²) in [5, 5.41) is 24.6. The topological polar surface area (TPSA) is 132 Å². The van der Waals surface area contributed by atoms with E-state index in [0.29, 0.717) is 16.5 Å². The number of hydrogen-bond acceptors (Lipinski definition) is 7. The van der Waals surface area contributed by atoms with Crippen molar-refractivity contribution in [1.29, 1.82) is 0 Å². The number of para-hydroxylation sites is 2. The van der Waals surface area contributed by atoms with Crippen LogP contribution in [0.3, 0.4) is 0 Å². The standard InChI is InChI=1S/C18H16N6O4S/c1-12(25)20-13-5-4-6-14(9-13)23-11-19-22-18(23)29-10-17(26)21-15-7-2-3-8-16(15)24(27)28/h2-9,11H,10H2,1H3,(H,20,25)(H,21,26). The van der Waals surface area contributed by atoms with Gasteiger partial charge in [-0.05, 0) is 24.3 Å². The molecule has 0 aliphatic heterocycles. The van der Waals surface area contributed by atoms with Gasteiger partial charge in [0.15, 0.2) is 5.16 Å². The van der Waals surface area contributed by atoms with E-state index in [0.717, 1.165) is 11.8 Å². The predicted octanol–water partition coefficient (Wildman–Crippen LogP) is 2.86. The minimum absolute atomic E-state index is 0.0177. The van der Waals surface area contributed by atoms with Crippen LogP contribution in [-0.2, 0) is 9.59 Å². The molecule has 0 aliphatic rings. The van der Waals surface area contributed by atoms with Gasteiger partial charge < -0.3 is 10.6 Å². The molecule has 148 valence electrons. The Hall–Kier alpha value is -3.73. The number of nitrogens with zero attached hydrogens (tertiary/aromatic N) is 4. The molecule has 0 bridgehead atoms. The van der Waals surface area contributed by atoms with Crippen LogP contribution in [0, 0.1) is 10.1 Å². The number of rotatable bonds is 7. The molecule has 29 heavy (non-hydrogen) atoms. The summed E-state index contributed by atoms with van der Waals surface area (Å²) < 4.78 is 1.67. The monoisotopic (exact) mass is 412 g/mol. The Morgan fingerprint density at radius 3 is 2.72 bits per heavy atom. The molecule has 10 nitrogen and oxygen atoms in total. The van der Waals surface area contributed by atoms with Gasteiger partial charge in [0.1, 0.15) is 12.0 Å². The number of benzene rings is 2. The van der Waals surface area contributed by atoms with Crippen LogP contribution >= 0.6 is 11.8 Å². The van der Waals surface area contributed by atoms with E-state index in [4.69, 9.17) is 0 Å². The Morgan fingerprint density at radius 1 is 1.17 bits per heavy atom. The quantitative estimate of drug-likeness (QED) is 0.346. The van der Waals surface area contributed by atoms with Crippen molar-refractivity contribution in [3.05, 3.63) is 65.0 Å². The Bertz CT molecular complexity index is 1070. The third kappa shape index (κ3) is 5.17. The Kier molecular flexibility index (Phi) is 6.19. The molecule has 2 amide bonds. The van der Waals surface area contributed by atoms with Crippen molar-refractivity contribution in [2.75, 3.05) is 16.4 Å². The average Bonchev–Trinajstić information content (AvgIpc) is 3.15. The van der Waals surface area contributed by atoms with E-state index < -0.39 is 10.8 Å². The number of hydrogen-bond donors (Lipinski definition) is 2. The molecule has 2 aromatic carbocycles. The summed E-state index contributed by atoms with van der Waals surface area (Å²) in [6, 6.07) is 13.0. The summed E-state index contributed by atoms with van der Waals surface area (Å²) in [5.74, 6) is -0.617. The first-order chi connectivity index (χ1) is 13.9. The lowest BCUT2D eigenvalue weighted by Crippen LogP contribution is -2.15. The van der Waals surface area contributed by atoms with Gasteiger partial charge in [-0.3, -0.25) is 24.3 Å². The van der Waals surface area contributed by atoms with Gasteiger partial charge in [0.2, 0.25) is 11.8 Å². The minimum Gasteiger partial charge on any atom is -0.326 e. The van der Waals surface area contributed by atoms with Gasteiger partial charge in [-0.2, -0.15) is 0 Å². The molecule has 2 N–H and O–H groups in total. The van der Waals surface area contributed by atoms with Crippen LogP contribution in [-0.4, -0.2) is 37.3 Å². The van der Waals surface area contributed by atoms with Gasteiger partial charge >= 0.3 is 0 Å². The van der Waals surface area contributed by atoms with E-state index in [1.54, 1.807) is 28.8 Å². The van der Waals surface area contributed by atoms with Crippen LogP contribution in [0.2, 0.25) is 0 Å².